The number of carbonyl (C=O) groups is 6. The molecule has 0 bridgehead atoms. The van der Waals surface area contributed by atoms with Crippen molar-refractivity contribution in [1.29, 1.82) is 0 Å². The first-order valence-electron chi connectivity index (χ1n) is 33.0. The third-order valence-corrected chi connectivity index (χ3v) is 25.7. The number of isocyanates is 2. The first kappa shape index (κ1) is 96.6. The van der Waals surface area contributed by atoms with Crippen LogP contribution in [0.4, 0.5) is 9.59 Å². The Morgan fingerprint density at radius 1 is 0.458 bits per heavy atom. The summed E-state index contributed by atoms with van der Waals surface area (Å²) in [5, 5.41) is 25.1. The van der Waals surface area contributed by atoms with Crippen molar-refractivity contribution in [2.24, 2.45) is 9.98 Å². The average molecular weight is 1930 g/mol. The van der Waals surface area contributed by atoms with E-state index in [0.717, 1.165) is 98.4 Å². The van der Waals surface area contributed by atoms with Crippen LogP contribution in [-0.2, 0) is 38.2 Å². The molecule has 2 amide bonds. The fourth-order valence-corrected chi connectivity index (χ4v) is 16.9. The van der Waals surface area contributed by atoms with Crippen LogP contribution in [0, 0.1) is 0 Å². The summed E-state index contributed by atoms with van der Waals surface area (Å²) in [6, 6.07) is 4.84. The maximum absolute atomic E-state index is 12.2. The summed E-state index contributed by atoms with van der Waals surface area (Å²) in [4.78, 5) is 97.1. The van der Waals surface area contributed by atoms with Crippen molar-refractivity contribution in [3.63, 3.8) is 0 Å². The predicted molar refractivity (Wildman–Crippen MR) is 436 cm³/mol. The van der Waals surface area contributed by atoms with Gasteiger partial charge < -0.3 is 30.3 Å². The number of allylic oxidation sites excluding steroid dienone is 6. The van der Waals surface area contributed by atoms with E-state index in [1.54, 1.807) is 24.3 Å². The highest BCUT2D eigenvalue weighted by Crippen LogP contribution is 2.38. The van der Waals surface area contributed by atoms with Crippen molar-refractivity contribution >= 4 is 207 Å². The van der Waals surface area contributed by atoms with Gasteiger partial charge in [0.15, 0.2) is 23.1 Å². The molecule has 0 aromatic heterocycles. The molecule has 0 aliphatic heterocycles. The smallest absolute Gasteiger partial charge is 0.407 e. The van der Waals surface area contributed by atoms with Gasteiger partial charge in [0.05, 0.1) is 38.9 Å². The van der Waals surface area contributed by atoms with Crippen LogP contribution in [0.1, 0.15) is 130 Å². The molecule has 0 spiro atoms. The van der Waals surface area contributed by atoms with Crippen LogP contribution in [0.2, 0.25) is 103 Å². The van der Waals surface area contributed by atoms with E-state index < -0.39 is 68.9 Å². The molecule has 4 rings (SSSR count). The Morgan fingerprint density at radius 2 is 0.771 bits per heavy atom. The third-order valence-electron chi connectivity index (χ3n) is 14.4. The molecule has 4 unspecified atom stereocenters. The second kappa shape index (κ2) is 51.6. The highest BCUT2D eigenvalue weighted by Gasteiger charge is 2.32. The quantitative estimate of drug-likeness (QED) is 0.0227. The zero-order chi connectivity index (χ0) is 74.2. The number of nitrogens with one attached hydrogen (secondary N) is 2. The number of rotatable bonds is 30. The Kier molecular flexibility index (Phi) is 51.9. The third kappa shape index (κ3) is 46.9. The van der Waals surface area contributed by atoms with Crippen molar-refractivity contribution in [3.8, 4) is 0 Å². The predicted octanol–water partition coefficient (Wildman–Crippen LogP) is 21.2. The van der Waals surface area contributed by atoms with Crippen molar-refractivity contribution in [2.45, 2.75) is 258 Å². The van der Waals surface area contributed by atoms with E-state index in [4.69, 9.17) is 9.47 Å². The van der Waals surface area contributed by atoms with Gasteiger partial charge in [0.25, 0.3) is 0 Å². The van der Waals surface area contributed by atoms with Gasteiger partial charge in [-0.1, -0.05) is 156 Å². The molecule has 28 heteroatoms. The van der Waals surface area contributed by atoms with Crippen LogP contribution in [0.5, 0.6) is 0 Å². The zero-order valence-corrected chi connectivity index (χ0v) is 76.2. The normalized spacial score (nSPS) is 15.6. The van der Waals surface area contributed by atoms with E-state index in [2.05, 4.69) is 227 Å². The Bertz CT molecular complexity index is 2860. The summed E-state index contributed by atoms with van der Waals surface area (Å²) in [6.45, 7) is 38.4. The first-order chi connectivity index (χ1) is 44.5. The Labute approximate surface area is 645 Å². The van der Waals surface area contributed by atoms with Crippen molar-refractivity contribution in [2.75, 3.05) is 26.2 Å². The van der Waals surface area contributed by atoms with E-state index in [0.29, 0.717) is 88.7 Å². The highest BCUT2D eigenvalue weighted by molar-refractivity contribution is 9.29. The van der Waals surface area contributed by atoms with Gasteiger partial charge in [-0.2, -0.15) is 0 Å². The summed E-state index contributed by atoms with van der Waals surface area (Å²) < 4.78 is 14.2. The number of hydrogen-bond donors (Lipinski definition) is 4. The van der Waals surface area contributed by atoms with Gasteiger partial charge in [-0.15, -0.1) is 0 Å². The van der Waals surface area contributed by atoms with Crippen LogP contribution < -0.4 is 10.6 Å². The van der Waals surface area contributed by atoms with Gasteiger partial charge in [-0.05, 0) is 231 Å². The number of aliphatic hydroxyl groups excluding tert-OH is 2. The Hall–Kier alpha value is -1.47. The molecule has 4 atom stereocenters. The lowest BCUT2D eigenvalue weighted by Gasteiger charge is -2.21. The number of nitrogens with zero attached hydrogens (tertiary/aromatic N) is 2. The second-order valence-electron chi connectivity index (χ2n) is 28.4. The maximum atomic E-state index is 12.2. The minimum atomic E-state index is -1.08. The number of alkyl carbamates (subject to hydrolysis) is 2. The van der Waals surface area contributed by atoms with Gasteiger partial charge in [-0.25, -0.2) is 29.2 Å². The summed E-state index contributed by atoms with van der Waals surface area (Å²) in [5.41, 5.74) is 6.19. The van der Waals surface area contributed by atoms with E-state index in [-0.39, 0.29) is 23.1 Å². The highest BCUT2D eigenvalue weighted by atomic mass is 79.9. The molecule has 0 aromatic carbocycles. The van der Waals surface area contributed by atoms with Crippen molar-refractivity contribution in [3.05, 3.63) is 82.5 Å². The summed E-state index contributed by atoms with van der Waals surface area (Å²) in [7, 11) is -3.96. The Balaban J connectivity index is 0. The molecule has 0 saturated carbocycles. The molecule has 0 fully saturated rings. The largest absolute Gasteiger partial charge is 0.441 e. The molecule has 16 nitrogen and oxygen atoms in total. The van der Waals surface area contributed by atoms with Gasteiger partial charge in [0.2, 0.25) is 12.2 Å². The summed E-state index contributed by atoms with van der Waals surface area (Å²) >= 11 is 26.5. The average Bonchev–Trinajstić information content (AvgIpc) is 1.74. The lowest BCUT2D eigenvalue weighted by molar-refractivity contribution is -0.116. The number of aliphatic hydroxyl groups is 2. The second-order valence-corrected chi connectivity index (χ2v) is 61.5. The zero-order valence-electron chi connectivity index (χ0n) is 59.5. The number of hydrogen-bond acceptors (Lipinski definition) is 14. The number of halogens is 8. The number of ether oxygens (including phenoxy) is 2. The molecule has 544 valence electrons. The molecular weight excluding hydrogens is 1820 g/mol. The van der Waals surface area contributed by atoms with Crippen LogP contribution in [-0.4, -0.2) is 141 Å². The first-order valence-corrected chi connectivity index (χ1v) is 54.2. The minimum Gasteiger partial charge on any atom is -0.441 e. The molecule has 96 heavy (non-hydrogen) atoms. The number of aliphatic imine (C=N–C) groups is 2. The van der Waals surface area contributed by atoms with Crippen LogP contribution in [0.25, 0.3) is 0 Å². The van der Waals surface area contributed by atoms with Crippen LogP contribution >= 0.6 is 127 Å². The number of Topliss-reactive ketones (excluding diaryl/α,β-unsaturated/α-hetero) is 2. The summed E-state index contributed by atoms with van der Waals surface area (Å²) in [6.07, 6.45) is 18.6. The molecule has 4 N–H and O–H groups in total. The van der Waals surface area contributed by atoms with Gasteiger partial charge in [0.1, 0.15) is 12.2 Å². The number of ketones is 4. The SMILES string of the molecule is CCCC(O)C1=CC(=C(Br)Br)CC1=O.CCCC(O)C1=CC(=O)CC1=C(Br)Br.CCCC(OC(=O)NCCC[Si](C)(C)C)C1=CC(=C(Br)Br)CC1=O.CCCC(OC(=O)NCCC[Si](C)(C)C)C1=CC(=O)CC1=C(Br)Br.C[Si](C)(C)CCCN=C=O.C[Si](C)(C)CCCN=C=O. The van der Waals surface area contributed by atoms with E-state index in [1.165, 1.54) is 30.3 Å². The van der Waals surface area contributed by atoms with E-state index in [9.17, 15) is 48.6 Å². The Morgan fingerprint density at radius 3 is 1.09 bits per heavy atom. The minimum absolute atomic E-state index is 0.0198. The van der Waals surface area contributed by atoms with Crippen LogP contribution in [0.3, 0.4) is 0 Å². The van der Waals surface area contributed by atoms with Gasteiger partial charge >= 0.3 is 12.2 Å². The standard InChI is InChI=1S/2C17H27Br2NO3Si.2C10H12Br2O2.2C7H15NOSi/c1-5-7-15(13-10-12(21)11-14(13)16(18)19)23-17(22)20-8-6-9-24(2,3)4;1-5-7-15(13-10-12(16(18)19)11-14(13)21)23-17(22)20-8-6-9-24(2,3)4;1-2-3-9(14)7-4-6(13)5-8(7)10(11)12;1-2-3-8(13)7-4-6(10(11)12)5-9(7)14;2*1-10(2,3)6-4-5-8-7-9/h2*10,15H,5-9,11H2,1-4H3,(H,20,22);4,9,14H,2-3,5H2,1H3;4,8,13H,2-3,5H2,1H3;2*4-6H2,1-3H3. The van der Waals surface area contributed by atoms with Crippen molar-refractivity contribution < 1.29 is 58.0 Å². The topological polar surface area (TPSA) is 244 Å². The molecule has 0 radical (unpaired) electrons. The maximum Gasteiger partial charge on any atom is 0.407 e. The fraction of sp³-hybridized carbons (Fsp3) is 0.647. The molecule has 4 aliphatic rings. The lowest BCUT2D eigenvalue weighted by Crippen LogP contribution is -2.32. The number of carbonyl (C=O) groups excluding carboxylic acids is 8. The molecule has 0 heterocycles. The molecular formula is C68H108Br8N4O12Si4. The van der Waals surface area contributed by atoms with E-state index >= 15 is 0 Å². The lowest BCUT2D eigenvalue weighted by atomic mass is 10.0. The monoisotopic (exact) mass is 1920 g/mol. The molecule has 4 aliphatic carbocycles. The summed E-state index contributed by atoms with van der Waals surface area (Å²) in [5.74, 6) is 0.141. The molecule has 0 saturated heterocycles. The molecule has 0 aromatic rings. The van der Waals surface area contributed by atoms with Gasteiger partial charge in [0, 0.05) is 87.8 Å². The van der Waals surface area contributed by atoms with Gasteiger partial charge in [-0.3, -0.25) is 19.2 Å². The number of amides is 2. The van der Waals surface area contributed by atoms with E-state index in [1.807, 2.05) is 33.8 Å². The van der Waals surface area contributed by atoms with Crippen LogP contribution in [0.15, 0.2) is 92.4 Å². The van der Waals surface area contributed by atoms with Crippen molar-refractivity contribution in [1.82, 2.24) is 10.6 Å². The fourth-order valence-electron chi connectivity index (χ4n) is 9.46.